The maximum Gasteiger partial charge on any atom is 0.222 e. The number of likely N-dealkylation sites (tertiary alicyclic amines) is 1. The molecule has 1 saturated heterocycles. The minimum Gasteiger partial charge on any atom is -0.368 e. The fraction of sp³-hybridized carbons (Fsp3) is 0.292. The van der Waals surface area contributed by atoms with Gasteiger partial charge in [0, 0.05) is 81.0 Å². The topological polar surface area (TPSA) is 93.8 Å². The van der Waals surface area contributed by atoms with Gasteiger partial charge in [0.15, 0.2) is 5.82 Å². The van der Waals surface area contributed by atoms with Gasteiger partial charge in [-0.3, -0.25) is 14.2 Å². The number of hydrogen-bond acceptors (Lipinski definition) is 6. The van der Waals surface area contributed by atoms with Gasteiger partial charge >= 0.3 is 0 Å². The van der Waals surface area contributed by atoms with Crippen LogP contribution < -0.4 is 5.32 Å². The quantitative estimate of drug-likeness (QED) is 0.473. The van der Waals surface area contributed by atoms with E-state index in [9.17, 15) is 4.79 Å². The van der Waals surface area contributed by atoms with Crippen molar-refractivity contribution in [2.24, 2.45) is 14.1 Å². The fourth-order valence-electron chi connectivity index (χ4n) is 4.09. The predicted molar refractivity (Wildman–Crippen MR) is 126 cm³/mol. The number of carbonyl (C=O) groups excluding carboxylic acids is 1. The monoisotopic (exact) mass is 442 g/mol. The molecule has 1 aliphatic rings. The molecule has 168 valence electrons. The summed E-state index contributed by atoms with van der Waals surface area (Å²) in [6.07, 6.45) is 11.0. The first-order chi connectivity index (χ1) is 16.1. The molecule has 1 amide bonds. The molecule has 1 aliphatic heterocycles. The van der Waals surface area contributed by atoms with Crippen LogP contribution in [-0.2, 0) is 18.9 Å². The predicted octanol–water partition coefficient (Wildman–Crippen LogP) is 2.98. The lowest BCUT2D eigenvalue weighted by atomic mass is 10.1. The molecule has 9 heteroatoms. The molecule has 1 fully saturated rings. The molecular weight excluding hydrogens is 416 g/mol. The highest BCUT2D eigenvalue weighted by atomic mass is 16.2. The number of amides is 1. The van der Waals surface area contributed by atoms with Crippen molar-refractivity contribution >= 4 is 11.7 Å². The molecule has 5 rings (SSSR count). The number of nitrogens with zero attached hydrogens (tertiary/aromatic N) is 7. The molecule has 1 N–H and O–H groups in total. The lowest BCUT2D eigenvalue weighted by Crippen LogP contribution is -2.30. The van der Waals surface area contributed by atoms with Crippen molar-refractivity contribution in [3.05, 3.63) is 55.2 Å². The van der Waals surface area contributed by atoms with Crippen LogP contribution in [0.15, 0.2) is 55.2 Å². The Balaban J connectivity index is 1.45. The summed E-state index contributed by atoms with van der Waals surface area (Å²) in [5, 5.41) is 12.0. The van der Waals surface area contributed by atoms with Gasteiger partial charge in [-0.1, -0.05) is 18.2 Å². The van der Waals surface area contributed by atoms with Crippen molar-refractivity contribution in [1.29, 1.82) is 0 Å². The molecule has 0 unspecified atom stereocenters. The van der Waals surface area contributed by atoms with Crippen LogP contribution >= 0.6 is 0 Å². The average Bonchev–Trinajstić information content (AvgIpc) is 3.56. The van der Waals surface area contributed by atoms with Crippen molar-refractivity contribution in [1.82, 2.24) is 34.4 Å². The Morgan fingerprint density at radius 1 is 0.970 bits per heavy atom. The normalized spacial score (nSPS) is 13.6. The number of aromatic nitrogens is 6. The summed E-state index contributed by atoms with van der Waals surface area (Å²) in [6, 6.07) is 8.13. The van der Waals surface area contributed by atoms with Crippen molar-refractivity contribution in [3.8, 4) is 33.6 Å². The molecule has 0 bridgehead atoms. The smallest absolute Gasteiger partial charge is 0.222 e. The van der Waals surface area contributed by atoms with Crippen LogP contribution in [0.1, 0.15) is 12.8 Å². The van der Waals surface area contributed by atoms with Crippen LogP contribution in [0.5, 0.6) is 0 Å². The van der Waals surface area contributed by atoms with E-state index >= 15 is 0 Å². The third-order valence-corrected chi connectivity index (χ3v) is 5.81. The van der Waals surface area contributed by atoms with Crippen LogP contribution in [-0.4, -0.2) is 60.0 Å². The second-order valence-corrected chi connectivity index (χ2v) is 8.25. The lowest BCUT2D eigenvalue weighted by molar-refractivity contribution is -0.127. The minimum absolute atomic E-state index is 0.222. The third-order valence-electron chi connectivity index (χ3n) is 5.81. The molecule has 0 atom stereocenters. The van der Waals surface area contributed by atoms with Gasteiger partial charge in [0.05, 0.1) is 12.4 Å². The Morgan fingerprint density at radius 2 is 1.73 bits per heavy atom. The van der Waals surface area contributed by atoms with Gasteiger partial charge in [0.25, 0.3) is 0 Å². The average molecular weight is 443 g/mol. The Bertz CT molecular complexity index is 1290. The summed E-state index contributed by atoms with van der Waals surface area (Å²) in [5.74, 6) is 1.58. The van der Waals surface area contributed by atoms with Crippen molar-refractivity contribution in [3.63, 3.8) is 0 Å². The summed E-state index contributed by atoms with van der Waals surface area (Å²) in [5.41, 5.74) is 4.84. The Kier molecular flexibility index (Phi) is 5.60. The number of rotatable bonds is 7. The molecule has 0 radical (unpaired) electrons. The molecule has 1 aromatic carbocycles. The van der Waals surface area contributed by atoms with E-state index in [4.69, 9.17) is 4.98 Å². The number of nitrogens with one attached hydrogen (secondary N) is 1. The van der Waals surface area contributed by atoms with Crippen LogP contribution in [0.2, 0.25) is 0 Å². The maximum atomic E-state index is 12.0. The lowest BCUT2D eigenvalue weighted by Gasteiger charge is -2.17. The van der Waals surface area contributed by atoms with E-state index in [2.05, 4.69) is 32.6 Å². The summed E-state index contributed by atoms with van der Waals surface area (Å²) in [6.45, 7) is 2.10. The molecule has 9 nitrogen and oxygen atoms in total. The second kappa shape index (κ2) is 8.85. The van der Waals surface area contributed by atoms with E-state index in [0.29, 0.717) is 25.3 Å². The largest absolute Gasteiger partial charge is 0.368 e. The van der Waals surface area contributed by atoms with Crippen LogP contribution in [0.25, 0.3) is 33.6 Å². The number of carbonyl (C=O) groups is 1. The molecule has 0 spiro atoms. The van der Waals surface area contributed by atoms with Gasteiger partial charge in [0.2, 0.25) is 5.91 Å². The zero-order chi connectivity index (χ0) is 22.8. The van der Waals surface area contributed by atoms with Gasteiger partial charge in [0.1, 0.15) is 5.82 Å². The number of anilines is 1. The van der Waals surface area contributed by atoms with E-state index in [1.807, 2.05) is 55.9 Å². The van der Waals surface area contributed by atoms with Crippen molar-refractivity contribution in [2.45, 2.75) is 12.8 Å². The molecule has 33 heavy (non-hydrogen) atoms. The standard InChI is InChI=1S/C24H26N8O/c1-30-15-19(12-27-30)17-5-3-6-18(11-17)23-26-14-21(20-13-28-31(2)16-20)24(29-23)25-8-10-32-9-4-7-22(32)33/h3,5-6,11-16H,4,7-10H2,1-2H3,(H,25,26,29). The first kappa shape index (κ1) is 20.9. The molecule has 4 heterocycles. The molecule has 3 aromatic heterocycles. The van der Waals surface area contributed by atoms with Gasteiger partial charge in [-0.2, -0.15) is 10.2 Å². The van der Waals surface area contributed by atoms with Crippen LogP contribution in [0, 0.1) is 0 Å². The van der Waals surface area contributed by atoms with Crippen LogP contribution in [0.4, 0.5) is 5.82 Å². The summed E-state index contributed by atoms with van der Waals surface area (Å²) >= 11 is 0. The van der Waals surface area contributed by atoms with E-state index in [-0.39, 0.29) is 5.91 Å². The highest BCUT2D eigenvalue weighted by molar-refractivity contribution is 5.78. The molecular formula is C24H26N8O. The second-order valence-electron chi connectivity index (χ2n) is 8.25. The molecule has 4 aromatic rings. The zero-order valence-electron chi connectivity index (χ0n) is 18.8. The SMILES string of the molecule is Cn1cc(-c2cccc(-c3ncc(-c4cnn(C)c4)c(NCCN4CCCC4=O)n3)c2)cn1. The molecule has 0 saturated carbocycles. The van der Waals surface area contributed by atoms with Gasteiger partial charge < -0.3 is 10.2 Å². The first-order valence-electron chi connectivity index (χ1n) is 11.0. The Hall–Kier alpha value is -4.01. The van der Waals surface area contributed by atoms with E-state index in [1.165, 1.54) is 0 Å². The van der Waals surface area contributed by atoms with Gasteiger partial charge in [-0.05, 0) is 18.1 Å². The van der Waals surface area contributed by atoms with E-state index in [1.54, 1.807) is 15.6 Å². The fourth-order valence-corrected chi connectivity index (χ4v) is 4.09. The van der Waals surface area contributed by atoms with Crippen molar-refractivity contribution in [2.75, 3.05) is 25.0 Å². The number of aryl methyl sites for hydroxylation is 2. The number of benzene rings is 1. The first-order valence-corrected chi connectivity index (χ1v) is 11.0. The third kappa shape index (κ3) is 4.48. The van der Waals surface area contributed by atoms with E-state index < -0.39 is 0 Å². The maximum absolute atomic E-state index is 12.0. The summed E-state index contributed by atoms with van der Waals surface area (Å²) in [4.78, 5) is 23.4. The summed E-state index contributed by atoms with van der Waals surface area (Å²) in [7, 11) is 3.79. The molecule has 0 aliphatic carbocycles. The highest BCUT2D eigenvalue weighted by Crippen LogP contribution is 2.29. The van der Waals surface area contributed by atoms with Crippen molar-refractivity contribution < 1.29 is 4.79 Å². The Morgan fingerprint density at radius 3 is 2.42 bits per heavy atom. The zero-order valence-corrected chi connectivity index (χ0v) is 18.8. The minimum atomic E-state index is 0.222. The Labute approximate surface area is 192 Å². The van der Waals surface area contributed by atoms with Crippen LogP contribution in [0.3, 0.4) is 0 Å². The highest BCUT2D eigenvalue weighted by Gasteiger charge is 2.20. The summed E-state index contributed by atoms with van der Waals surface area (Å²) < 4.78 is 3.54. The van der Waals surface area contributed by atoms with Gasteiger partial charge in [-0.25, -0.2) is 9.97 Å². The number of hydrogen-bond donors (Lipinski definition) is 1. The van der Waals surface area contributed by atoms with E-state index in [0.717, 1.165) is 46.6 Å². The van der Waals surface area contributed by atoms with Gasteiger partial charge in [-0.15, -0.1) is 0 Å².